The zero-order valence-electron chi connectivity index (χ0n) is 18.2. The van der Waals surface area contributed by atoms with Gasteiger partial charge in [0, 0.05) is 16.8 Å². The van der Waals surface area contributed by atoms with Crippen LogP contribution in [0.1, 0.15) is 16.7 Å². The first-order valence-electron chi connectivity index (χ1n) is 10.4. The van der Waals surface area contributed by atoms with Crippen LogP contribution in [0, 0.1) is 12.7 Å². The van der Waals surface area contributed by atoms with Gasteiger partial charge in [-0.15, -0.1) is 0 Å². The number of aryl methyl sites for hydroxylation is 1. The molecule has 0 bridgehead atoms. The molecule has 34 heavy (non-hydrogen) atoms. The van der Waals surface area contributed by atoms with Gasteiger partial charge in [0.1, 0.15) is 12.4 Å². The summed E-state index contributed by atoms with van der Waals surface area (Å²) in [6, 6.07) is 18.1. The minimum absolute atomic E-state index is 0.0959. The van der Waals surface area contributed by atoms with Crippen molar-refractivity contribution in [1.82, 2.24) is 0 Å². The molecular formula is C25H21FN4O4. The number of hydrogen-bond acceptors (Lipinski definition) is 4. The average molecular weight is 460 g/mol. The third-order valence-corrected chi connectivity index (χ3v) is 5.37. The first-order chi connectivity index (χ1) is 16.3. The van der Waals surface area contributed by atoms with E-state index in [-0.39, 0.29) is 17.0 Å². The summed E-state index contributed by atoms with van der Waals surface area (Å²) in [7, 11) is 0. The molecule has 0 saturated heterocycles. The predicted octanol–water partition coefficient (Wildman–Crippen LogP) is 3.31. The first kappa shape index (κ1) is 22.7. The van der Waals surface area contributed by atoms with E-state index in [0.717, 1.165) is 15.4 Å². The molecule has 1 aliphatic rings. The Labute approximate surface area is 194 Å². The highest BCUT2D eigenvalue weighted by molar-refractivity contribution is 6.21. The second kappa shape index (κ2) is 9.14. The van der Waals surface area contributed by atoms with Gasteiger partial charge >= 0.3 is 12.0 Å². The molecule has 9 heteroatoms. The van der Waals surface area contributed by atoms with Crippen LogP contribution in [0.2, 0.25) is 0 Å². The maximum absolute atomic E-state index is 14.9. The van der Waals surface area contributed by atoms with Crippen molar-refractivity contribution < 1.29 is 23.9 Å². The summed E-state index contributed by atoms with van der Waals surface area (Å²) in [5.41, 5.74) is 7.55. The number of nitrogens with two attached hydrogens (primary N) is 1. The van der Waals surface area contributed by atoms with E-state index in [2.05, 4.69) is 4.99 Å². The number of aliphatic imine (C=N–C) groups is 1. The maximum atomic E-state index is 14.9. The van der Waals surface area contributed by atoms with E-state index in [1.54, 1.807) is 61.5 Å². The van der Waals surface area contributed by atoms with Crippen molar-refractivity contribution in [2.24, 2.45) is 10.7 Å². The number of fused-ring (bicyclic) bond motifs is 1. The Morgan fingerprint density at radius 1 is 1.06 bits per heavy atom. The highest BCUT2D eigenvalue weighted by Crippen LogP contribution is 2.31. The molecule has 0 spiro atoms. The Morgan fingerprint density at radius 2 is 1.74 bits per heavy atom. The quantitative estimate of drug-likeness (QED) is 0.608. The van der Waals surface area contributed by atoms with Crippen molar-refractivity contribution in [3.05, 3.63) is 95.3 Å². The largest absolute Gasteiger partial charge is 0.480 e. The van der Waals surface area contributed by atoms with Crippen molar-refractivity contribution in [3.63, 3.8) is 0 Å². The third-order valence-electron chi connectivity index (χ3n) is 5.37. The fourth-order valence-electron chi connectivity index (χ4n) is 3.92. The van der Waals surface area contributed by atoms with Gasteiger partial charge in [-0.1, -0.05) is 42.5 Å². The van der Waals surface area contributed by atoms with Crippen molar-refractivity contribution in [2.45, 2.75) is 13.1 Å². The van der Waals surface area contributed by atoms with Crippen molar-refractivity contribution in [1.29, 1.82) is 0 Å². The van der Waals surface area contributed by atoms with Gasteiger partial charge in [-0.25, -0.2) is 14.2 Å². The van der Waals surface area contributed by atoms with Gasteiger partial charge in [0.25, 0.3) is 5.91 Å². The lowest BCUT2D eigenvalue weighted by Gasteiger charge is -2.30. The van der Waals surface area contributed by atoms with Crippen molar-refractivity contribution in [3.8, 4) is 0 Å². The number of benzene rings is 3. The number of para-hydroxylation sites is 1. The SMILES string of the molecule is Cc1cccc(N(C(N)=O)[C@H]2N=C(c3ccccc3F)c3ccccc3N(CC(=O)O)C2=O)c1. The van der Waals surface area contributed by atoms with E-state index in [9.17, 15) is 23.9 Å². The summed E-state index contributed by atoms with van der Waals surface area (Å²) in [5, 5.41) is 9.52. The molecule has 0 aromatic heterocycles. The Balaban J connectivity index is 2.01. The van der Waals surface area contributed by atoms with Crippen LogP contribution in [0.15, 0.2) is 77.8 Å². The fourth-order valence-corrected chi connectivity index (χ4v) is 3.92. The van der Waals surface area contributed by atoms with Crippen LogP contribution in [-0.2, 0) is 9.59 Å². The van der Waals surface area contributed by atoms with Gasteiger partial charge in [0.05, 0.1) is 11.4 Å². The lowest BCUT2D eigenvalue weighted by molar-refractivity contribution is -0.136. The summed E-state index contributed by atoms with van der Waals surface area (Å²) in [6.07, 6.45) is -1.57. The normalized spacial score (nSPS) is 15.2. The van der Waals surface area contributed by atoms with E-state index in [4.69, 9.17) is 5.73 Å². The van der Waals surface area contributed by atoms with E-state index >= 15 is 0 Å². The van der Waals surface area contributed by atoms with E-state index in [1.807, 2.05) is 0 Å². The topological polar surface area (TPSA) is 116 Å². The van der Waals surface area contributed by atoms with Crippen LogP contribution in [0.3, 0.4) is 0 Å². The zero-order chi connectivity index (χ0) is 24.4. The van der Waals surface area contributed by atoms with Gasteiger partial charge < -0.3 is 10.8 Å². The molecule has 0 saturated carbocycles. The summed E-state index contributed by atoms with van der Waals surface area (Å²) in [4.78, 5) is 44.5. The molecule has 3 aromatic rings. The molecule has 0 radical (unpaired) electrons. The Hall–Kier alpha value is -4.53. The Kier molecular flexibility index (Phi) is 6.09. The van der Waals surface area contributed by atoms with E-state index < -0.39 is 36.4 Å². The van der Waals surface area contributed by atoms with Crippen molar-refractivity contribution in [2.75, 3.05) is 16.3 Å². The number of nitrogens with zero attached hydrogens (tertiary/aromatic N) is 3. The number of urea groups is 1. The molecule has 4 rings (SSSR count). The number of anilines is 2. The fraction of sp³-hybridized carbons (Fsp3) is 0.120. The molecule has 3 amide bonds. The molecule has 0 fully saturated rings. The van der Waals surface area contributed by atoms with E-state index in [1.165, 1.54) is 18.2 Å². The van der Waals surface area contributed by atoms with Gasteiger partial charge in [-0.3, -0.25) is 19.4 Å². The van der Waals surface area contributed by atoms with Crippen molar-refractivity contribution >= 4 is 35.0 Å². The second-order valence-corrected chi connectivity index (χ2v) is 7.71. The number of benzodiazepines with no additional fused rings is 1. The lowest BCUT2D eigenvalue weighted by atomic mass is 9.99. The molecule has 172 valence electrons. The number of rotatable bonds is 5. The number of carboxylic acids is 1. The second-order valence-electron chi connectivity index (χ2n) is 7.71. The highest BCUT2D eigenvalue weighted by atomic mass is 19.1. The number of primary amides is 1. The number of hydrogen-bond donors (Lipinski definition) is 2. The molecule has 3 aromatic carbocycles. The first-order valence-corrected chi connectivity index (χ1v) is 10.4. The molecule has 0 unspecified atom stereocenters. The number of carbonyl (C=O) groups is 3. The van der Waals surface area contributed by atoms with Crippen LogP contribution in [0.25, 0.3) is 0 Å². The summed E-state index contributed by atoms with van der Waals surface area (Å²) >= 11 is 0. The monoisotopic (exact) mass is 460 g/mol. The third kappa shape index (κ3) is 4.23. The molecule has 0 aliphatic carbocycles. The lowest BCUT2D eigenvalue weighted by Crippen LogP contribution is -2.53. The standard InChI is InChI=1S/C25H21FN4O4/c1-15-7-6-8-16(13-15)30(25(27)34)23-24(33)29(14-21(31)32)20-12-5-3-10-18(20)22(28-23)17-9-2-4-11-19(17)26/h2-13,23H,14H2,1H3,(H2,27,34)(H,31,32)/t23-/m1/s1. The van der Waals surface area contributed by atoms with E-state index in [0.29, 0.717) is 11.3 Å². The molecule has 1 heterocycles. The maximum Gasteiger partial charge on any atom is 0.323 e. The average Bonchev–Trinajstić information content (AvgIpc) is 2.90. The van der Waals surface area contributed by atoms with Crippen LogP contribution in [0.5, 0.6) is 0 Å². The van der Waals surface area contributed by atoms with Crippen LogP contribution < -0.4 is 15.5 Å². The minimum atomic E-state index is -1.57. The molecular weight excluding hydrogens is 439 g/mol. The number of carbonyl (C=O) groups excluding carboxylic acids is 2. The molecule has 8 nitrogen and oxygen atoms in total. The number of aliphatic carboxylic acids is 1. The Morgan fingerprint density at radius 3 is 2.38 bits per heavy atom. The Bertz CT molecular complexity index is 1320. The van der Waals surface area contributed by atoms with Gasteiger partial charge in [0.2, 0.25) is 6.17 Å². The molecule has 3 N–H and O–H groups in total. The van der Waals surface area contributed by atoms with Crippen LogP contribution in [0.4, 0.5) is 20.6 Å². The van der Waals surface area contributed by atoms with Crippen LogP contribution >= 0.6 is 0 Å². The van der Waals surface area contributed by atoms with Gasteiger partial charge in [-0.05, 0) is 42.8 Å². The zero-order valence-corrected chi connectivity index (χ0v) is 18.2. The predicted molar refractivity (Wildman–Crippen MR) is 125 cm³/mol. The molecule has 1 aliphatic heterocycles. The summed E-state index contributed by atoms with van der Waals surface area (Å²) in [6.45, 7) is 1.12. The number of halogens is 1. The smallest absolute Gasteiger partial charge is 0.323 e. The van der Waals surface area contributed by atoms with Gasteiger partial charge in [-0.2, -0.15) is 0 Å². The summed E-state index contributed by atoms with van der Waals surface area (Å²) in [5.74, 6) is -2.64. The van der Waals surface area contributed by atoms with Gasteiger partial charge in [0.15, 0.2) is 0 Å². The minimum Gasteiger partial charge on any atom is -0.480 e. The highest BCUT2D eigenvalue weighted by Gasteiger charge is 2.39. The molecule has 1 atom stereocenters. The number of carboxylic acid groups (broad SMARTS) is 1. The summed E-state index contributed by atoms with van der Waals surface area (Å²) < 4.78 is 14.9. The number of amides is 3. The van der Waals surface area contributed by atoms with Crippen LogP contribution in [-0.4, -0.2) is 41.4 Å².